The average molecular weight is 681 g/mol. The van der Waals surface area contributed by atoms with Gasteiger partial charge in [0.15, 0.2) is 5.60 Å². The van der Waals surface area contributed by atoms with Crippen LogP contribution in [0.3, 0.4) is 0 Å². The highest BCUT2D eigenvalue weighted by Crippen LogP contribution is 2.47. The summed E-state index contributed by atoms with van der Waals surface area (Å²) in [6.07, 6.45) is 8.23. The van der Waals surface area contributed by atoms with E-state index in [1.165, 1.54) is 0 Å². The van der Waals surface area contributed by atoms with Gasteiger partial charge in [0.25, 0.3) is 5.91 Å². The molecule has 4 N–H and O–H groups in total. The molecule has 3 heterocycles. The molecule has 4 aromatic carbocycles. The standard InChI is InChI=1S/C41H40N6O4/c1-28(12-10-11-21-46-26-37(44-45-46)34(27-48)30-15-6-3-7-16-30)41(51)35-23-32(43-39(49)22-31-24-42-36-18-9-8-17-33(31)36)19-20-38(35)47(40(41)50)25-29-13-4-2-5-14-29/h2-10,12-20,23-24,26,28,34,42,48,51H,11,21-22,25,27H2,1H3,(H,43,49)/b12-10+/t28-,34?,41+/m0/s1. The number of aryl methyl sites for hydroxylation is 1. The fourth-order valence-electron chi connectivity index (χ4n) is 6.89. The predicted octanol–water partition coefficient (Wildman–Crippen LogP) is 6.08. The van der Waals surface area contributed by atoms with Crippen LogP contribution < -0.4 is 10.2 Å². The van der Waals surface area contributed by atoms with E-state index in [0.29, 0.717) is 42.1 Å². The Hall–Kier alpha value is -5.84. The molecule has 0 fully saturated rings. The Morgan fingerprint density at radius 3 is 2.53 bits per heavy atom. The average Bonchev–Trinajstić information content (AvgIpc) is 3.84. The summed E-state index contributed by atoms with van der Waals surface area (Å²) in [5.74, 6) is -1.48. The maximum absolute atomic E-state index is 14.2. The summed E-state index contributed by atoms with van der Waals surface area (Å²) in [6.45, 7) is 2.57. The molecule has 10 nitrogen and oxygen atoms in total. The number of nitrogens with zero attached hydrogens (tertiary/aromatic N) is 4. The van der Waals surface area contributed by atoms with Crippen LogP contribution in [0.2, 0.25) is 0 Å². The Kier molecular flexibility index (Phi) is 9.61. The molecule has 0 saturated carbocycles. The van der Waals surface area contributed by atoms with Crippen LogP contribution in [0.1, 0.15) is 47.2 Å². The molecular formula is C41H40N6O4. The van der Waals surface area contributed by atoms with Gasteiger partial charge < -0.3 is 25.4 Å². The van der Waals surface area contributed by atoms with Crippen molar-refractivity contribution in [2.45, 2.75) is 44.4 Å². The van der Waals surface area contributed by atoms with Gasteiger partial charge in [0.1, 0.15) is 0 Å². The molecule has 0 bridgehead atoms. The third kappa shape index (κ3) is 6.84. The molecule has 0 saturated heterocycles. The number of carbonyl (C=O) groups excluding carboxylic acids is 2. The van der Waals surface area contributed by atoms with E-state index >= 15 is 0 Å². The van der Waals surface area contributed by atoms with Crippen molar-refractivity contribution in [1.82, 2.24) is 20.0 Å². The van der Waals surface area contributed by atoms with Crippen molar-refractivity contribution in [3.05, 3.63) is 156 Å². The molecule has 3 atom stereocenters. The van der Waals surface area contributed by atoms with Crippen molar-refractivity contribution in [3.63, 3.8) is 0 Å². The van der Waals surface area contributed by atoms with E-state index in [2.05, 4.69) is 20.6 Å². The second-order valence-electron chi connectivity index (χ2n) is 13.0. The van der Waals surface area contributed by atoms with Crippen LogP contribution in [0.4, 0.5) is 11.4 Å². The van der Waals surface area contributed by atoms with Gasteiger partial charge in [-0.1, -0.05) is 103 Å². The first-order valence-electron chi connectivity index (χ1n) is 17.1. The Morgan fingerprint density at radius 1 is 1.00 bits per heavy atom. The van der Waals surface area contributed by atoms with E-state index in [1.807, 2.05) is 116 Å². The van der Waals surface area contributed by atoms with Gasteiger partial charge in [0.05, 0.1) is 36.9 Å². The van der Waals surface area contributed by atoms with Crippen molar-refractivity contribution in [2.24, 2.45) is 5.92 Å². The number of H-pyrrole nitrogens is 1. The number of benzene rings is 4. The topological polar surface area (TPSA) is 136 Å². The number of carbonyl (C=O) groups is 2. The Labute approximate surface area is 296 Å². The highest BCUT2D eigenvalue weighted by molar-refractivity contribution is 6.08. The molecule has 10 heteroatoms. The van der Waals surface area contributed by atoms with Crippen LogP contribution in [0.5, 0.6) is 0 Å². The van der Waals surface area contributed by atoms with Gasteiger partial charge in [-0.05, 0) is 47.4 Å². The van der Waals surface area contributed by atoms with Crippen molar-refractivity contribution in [1.29, 1.82) is 0 Å². The summed E-state index contributed by atoms with van der Waals surface area (Å²) in [7, 11) is 0. The van der Waals surface area contributed by atoms with Gasteiger partial charge in [0.2, 0.25) is 5.91 Å². The van der Waals surface area contributed by atoms with Gasteiger partial charge in [0, 0.05) is 47.0 Å². The number of aliphatic hydroxyl groups is 2. The Balaban J connectivity index is 1.09. The second kappa shape index (κ2) is 14.6. The number of aromatic nitrogens is 4. The summed E-state index contributed by atoms with van der Waals surface area (Å²) in [4.78, 5) is 32.2. The number of nitrogens with one attached hydrogen (secondary N) is 2. The zero-order chi connectivity index (χ0) is 35.4. The smallest absolute Gasteiger partial charge is 0.264 e. The number of fused-ring (bicyclic) bond motifs is 2. The summed E-state index contributed by atoms with van der Waals surface area (Å²) in [5, 5.41) is 34.9. The van der Waals surface area contributed by atoms with Crippen molar-refractivity contribution >= 4 is 34.1 Å². The fourth-order valence-corrected chi connectivity index (χ4v) is 6.89. The van der Waals surface area contributed by atoms with Crippen LogP contribution in [-0.4, -0.2) is 48.6 Å². The van der Waals surface area contributed by atoms with Crippen LogP contribution in [0, 0.1) is 5.92 Å². The lowest BCUT2D eigenvalue weighted by atomic mass is 9.82. The molecule has 51 heavy (non-hydrogen) atoms. The third-order valence-electron chi connectivity index (χ3n) is 9.67. The molecule has 1 aliphatic rings. The number of aliphatic hydroxyl groups excluding tert-OH is 1. The molecule has 2 amide bonds. The molecule has 0 radical (unpaired) electrons. The normalized spacial score (nSPS) is 16.8. The van der Waals surface area contributed by atoms with Gasteiger partial charge in [-0.2, -0.15) is 0 Å². The number of hydrogen-bond donors (Lipinski definition) is 4. The zero-order valence-corrected chi connectivity index (χ0v) is 28.3. The first-order valence-corrected chi connectivity index (χ1v) is 17.1. The molecule has 7 rings (SSSR count). The minimum absolute atomic E-state index is 0.0784. The number of aromatic amines is 1. The monoisotopic (exact) mass is 680 g/mol. The summed E-state index contributed by atoms with van der Waals surface area (Å²) < 4.78 is 1.73. The first kappa shape index (κ1) is 33.6. The molecule has 0 spiro atoms. The quantitative estimate of drug-likeness (QED) is 0.109. The van der Waals surface area contributed by atoms with Crippen LogP contribution >= 0.6 is 0 Å². The molecule has 1 aliphatic heterocycles. The van der Waals surface area contributed by atoms with Crippen molar-refractivity contribution in [2.75, 3.05) is 16.8 Å². The predicted molar refractivity (Wildman–Crippen MR) is 197 cm³/mol. The van der Waals surface area contributed by atoms with E-state index in [0.717, 1.165) is 27.6 Å². The molecule has 6 aromatic rings. The van der Waals surface area contributed by atoms with E-state index in [4.69, 9.17) is 0 Å². The van der Waals surface area contributed by atoms with Gasteiger partial charge in [-0.25, -0.2) is 0 Å². The maximum atomic E-state index is 14.2. The fraction of sp³-hybridized carbons (Fsp3) is 0.220. The van der Waals surface area contributed by atoms with Gasteiger partial charge in [-0.3, -0.25) is 14.3 Å². The van der Waals surface area contributed by atoms with Crippen LogP contribution in [-0.2, 0) is 34.7 Å². The Bertz CT molecular complexity index is 2180. The summed E-state index contributed by atoms with van der Waals surface area (Å²) >= 11 is 0. The zero-order valence-electron chi connectivity index (χ0n) is 28.3. The van der Waals surface area contributed by atoms with Gasteiger partial charge >= 0.3 is 0 Å². The van der Waals surface area contributed by atoms with Gasteiger partial charge in [-0.15, -0.1) is 5.10 Å². The largest absolute Gasteiger partial charge is 0.395 e. The van der Waals surface area contributed by atoms with E-state index < -0.39 is 17.4 Å². The lowest BCUT2D eigenvalue weighted by Gasteiger charge is -2.28. The summed E-state index contributed by atoms with van der Waals surface area (Å²) in [5.41, 5.74) is 4.13. The molecule has 258 valence electrons. The minimum atomic E-state index is -1.86. The number of amides is 2. The number of allylic oxidation sites excluding steroid dienone is 1. The van der Waals surface area contributed by atoms with E-state index in [9.17, 15) is 19.8 Å². The Morgan fingerprint density at radius 2 is 1.75 bits per heavy atom. The highest BCUT2D eigenvalue weighted by atomic mass is 16.3. The van der Waals surface area contributed by atoms with Crippen LogP contribution in [0.25, 0.3) is 10.9 Å². The van der Waals surface area contributed by atoms with Crippen molar-refractivity contribution in [3.8, 4) is 0 Å². The molecule has 0 aliphatic carbocycles. The number of anilines is 2. The second-order valence-corrected chi connectivity index (χ2v) is 13.0. The van der Waals surface area contributed by atoms with E-state index in [1.54, 1.807) is 27.8 Å². The molecular weight excluding hydrogens is 640 g/mol. The third-order valence-corrected chi connectivity index (χ3v) is 9.67. The SMILES string of the molecule is C[C@@H](/C=C/CCn1cc(C(CO)c2ccccc2)nn1)[C@]1(O)C(=O)N(Cc2ccccc2)c2ccc(NC(=O)Cc3c[nH]c4ccccc34)cc21. The number of hydrogen-bond acceptors (Lipinski definition) is 6. The number of para-hydroxylation sites is 1. The maximum Gasteiger partial charge on any atom is 0.264 e. The van der Waals surface area contributed by atoms with Crippen LogP contribution in [0.15, 0.2) is 128 Å². The highest BCUT2D eigenvalue weighted by Gasteiger charge is 2.52. The lowest BCUT2D eigenvalue weighted by molar-refractivity contribution is -0.139. The first-order chi connectivity index (χ1) is 24.8. The molecule has 2 aromatic heterocycles. The lowest BCUT2D eigenvalue weighted by Crippen LogP contribution is -2.44. The minimum Gasteiger partial charge on any atom is -0.395 e. The molecule has 1 unspecified atom stereocenters. The van der Waals surface area contributed by atoms with E-state index in [-0.39, 0.29) is 24.9 Å². The van der Waals surface area contributed by atoms with Crippen molar-refractivity contribution < 1.29 is 19.8 Å². The number of rotatable bonds is 13. The summed E-state index contributed by atoms with van der Waals surface area (Å²) in [6, 6.07) is 32.5.